The zero-order valence-electron chi connectivity index (χ0n) is 17.8. The van der Waals surface area contributed by atoms with E-state index >= 15 is 0 Å². The van der Waals surface area contributed by atoms with Crippen LogP contribution in [0.1, 0.15) is 27.8 Å². The lowest BCUT2D eigenvalue weighted by atomic mass is 10.0. The number of carboxylic acids is 1. The zero-order valence-corrected chi connectivity index (χ0v) is 17.8. The topological polar surface area (TPSA) is 122 Å². The van der Waals surface area contributed by atoms with Crippen molar-refractivity contribution in [3.8, 4) is 11.5 Å². The van der Waals surface area contributed by atoms with Gasteiger partial charge in [0, 0.05) is 6.20 Å². The largest absolute Gasteiger partial charge is 0.573 e. The molecule has 3 aromatic rings. The van der Waals surface area contributed by atoms with Crippen molar-refractivity contribution in [2.75, 3.05) is 0 Å². The summed E-state index contributed by atoms with van der Waals surface area (Å²) in [6, 6.07) is 5.79. The molecule has 16 heteroatoms. The molecule has 1 amide bonds. The maximum Gasteiger partial charge on any atom is 0.573 e. The number of ether oxygens (including phenoxy) is 1. The van der Waals surface area contributed by atoms with Crippen LogP contribution in [0.3, 0.4) is 0 Å². The summed E-state index contributed by atoms with van der Waals surface area (Å²) in [4.78, 5) is 28.9. The number of nitrogens with one attached hydrogen (secondary N) is 1. The Morgan fingerprint density at radius 1 is 0.946 bits per heavy atom. The molecular formula is C21H13F8N3O5. The van der Waals surface area contributed by atoms with Crippen LogP contribution >= 0.6 is 0 Å². The van der Waals surface area contributed by atoms with E-state index in [2.05, 4.69) is 20.0 Å². The molecule has 3 N–H and O–H groups in total. The van der Waals surface area contributed by atoms with Gasteiger partial charge in [0.25, 0.3) is 5.91 Å². The number of rotatable bonds is 5. The molecule has 0 saturated heterocycles. The first-order valence-corrected chi connectivity index (χ1v) is 9.50. The van der Waals surface area contributed by atoms with Gasteiger partial charge in [-0.25, -0.2) is 18.6 Å². The number of aliphatic carboxylic acids is 1. The second-order valence-electron chi connectivity index (χ2n) is 6.72. The Bertz CT molecular complexity index is 1250. The number of carboxylic acid groups (broad SMARTS) is 1. The summed E-state index contributed by atoms with van der Waals surface area (Å²) >= 11 is 0. The number of hydrogen-bond donors (Lipinski definition) is 3. The number of nitrogens with zero attached hydrogens (tertiary/aromatic N) is 2. The van der Waals surface area contributed by atoms with Gasteiger partial charge in [0.1, 0.15) is 23.0 Å². The average molecular weight is 539 g/mol. The van der Waals surface area contributed by atoms with Crippen molar-refractivity contribution in [1.82, 2.24) is 15.3 Å². The zero-order chi connectivity index (χ0) is 28.0. The van der Waals surface area contributed by atoms with Crippen molar-refractivity contribution in [2.45, 2.75) is 18.6 Å². The van der Waals surface area contributed by atoms with Crippen LogP contribution in [0.4, 0.5) is 35.1 Å². The number of halogens is 8. The fourth-order valence-corrected chi connectivity index (χ4v) is 2.55. The van der Waals surface area contributed by atoms with E-state index in [1.807, 2.05) is 0 Å². The van der Waals surface area contributed by atoms with Gasteiger partial charge in [-0.15, -0.1) is 13.2 Å². The number of aromatic hydroxyl groups is 1. The first-order chi connectivity index (χ1) is 17.1. The van der Waals surface area contributed by atoms with Crippen LogP contribution < -0.4 is 10.1 Å². The molecule has 0 aliphatic carbocycles. The lowest BCUT2D eigenvalue weighted by Gasteiger charge is -2.20. The minimum absolute atomic E-state index is 0.0910. The van der Waals surface area contributed by atoms with Crippen molar-refractivity contribution >= 4 is 11.9 Å². The van der Waals surface area contributed by atoms with Crippen molar-refractivity contribution in [3.05, 3.63) is 83.4 Å². The van der Waals surface area contributed by atoms with Crippen LogP contribution in [-0.2, 0) is 4.79 Å². The minimum atomic E-state index is -5.10. The molecule has 0 bridgehead atoms. The number of carbonyl (C=O) groups excluding carboxylic acids is 1. The van der Waals surface area contributed by atoms with Crippen molar-refractivity contribution in [2.24, 2.45) is 0 Å². The Morgan fingerprint density at radius 3 is 2.08 bits per heavy atom. The molecule has 8 nitrogen and oxygen atoms in total. The highest BCUT2D eigenvalue weighted by Gasteiger charge is 2.38. The number of pyridine rings is 2. The second kappa shape index (κ2) is 11.5. The molecule has 1 unspecified atom stereocenters. The third-order valence-electron chi connectivity index (χ3n) is 4.07. The number of carbonyl (C=O) groups is 2. The normalized spacial score (nSPS) is 12.1. The molecule has 37 heavy (non-hydrogen) atoms. The SMILES string of the molecule is O=C(NC(c1ccc(OC(F)(F)F)c(F)c1)c1ncccc1F)c1ccc(O)cn1.O=C(O)C(F)(F)F. The fourth-order valence-electron chi connectivity index (χ4n) is 2.55. The third-order valence-corrected chi connectivity index (χ3v) is 4.07. The molecule has 0 radical (unpaired) electrons. The summed E-state index contributed by atoms with van der Waals surface area (Å²) in [6.07, 6.45) is -7.95. The number of aromatic nitrogens is 2. The second-order valence-corrected chi connectivity index (χ2v) is 6.72. The predicted molar refractivity (Wildman–Crippen MR) is 106 cm³/mol. The summed E-state index contributed by atoms with van der Waals surface area (Å²) in [5, 5.41) is 18.8. The standard InChI is InChI=1S/C19H12F5N3O3.C2HF3O2/c20-12-2-1-7-25-17(12)16(27-18(29)14-5-4-11(28)9-26-14)10-3-6-15(13(21)8-10)30-19(22,23)24;3-2(4,5)1(6)7/h1-9,16,28H,(H,27,29);(H,6,7). The van der Waals surface area contributed by atoms with Gasteiger partial charge in [0.05, 0.1) is 12.2 Å². The Labute approximate surface area is 201 Å². The Balaban J connectivity index is 0.000000604. The van der Waals surface area contributed by atoms with E-state index in [1.165, 1.54) is 24.4 Å². The summed E-state index contributed by atoms with van der Waals surface area (Å²) in [6.45, 7) is 0. The van der Waals surface area contributed by atoms with Crippen molar-refractivity contribution in [1.29, 1.82) is 0 Å². The highest BCUT2D eigenvalue weighted by atomic mass is 19.4. The maximum absolute atomic E-state index is 14.3. The number of hydrogen-bond acceptors (Lipinski definition) is 6. The van der Waals surface area contributed by atoms with Crippen LogP contribution in [0.15, 0.2) is 54.9 Å². The van der Waals surface area contributed by atoms with Crippen molar-refractivity contribution in [3.63, 3.8) is 0 Å². The molecule has 0 aliphatic heterocycles. The number of amides is 1. The monoisotopic (exact) mass is 539 g/mol. The van der Waals surface area contributed by atoms with E-state index in [9.17, 15) is 45.0 Å². The fraction of sp³-hybridized carbons (Fsp3) is 0.143. The Kier molecular flexibility index (Phi) is 8.92. The molecular weight excluding hydrogens is 526 g/mol. The van der Waals surface area contributed by atoms with E-state index < -0.39 is 47.8 Å². The summed E-state index contributed by atoms with van der Waals surface area (Å²) < 4.78 is 101. The highest BCUT2D eigenvalue weighted by Crippen LogP contribution is 2.30. The molecule has 0 spiro atoms. The minimum Gasteiger partial charge on any atom is -0.506 e. The molecule has 3 rings (SSSR count). The highest BCUT2D eigenvalue weighted by molar-refractivity contribution is 5.92. The van der Waals surface area contributed by atoms with E-state index in [-0.39, 0.29) is 22.7 Å². The van der Waals surface area contributed by atoms with Crippen LogP contribution in [0.25, 0.3) is 0 Å². The van der Waals surface area contributed by atoms with E-state index in [0.717, 1.165) is 18.3 Å². The molecule has 198 valence electrons. The van der Waals surface area contributed by atoms with E-state index in [0.29, 0.717) is 12.1 Å². The lowest BCUT2D eigenvalue weighted by molar-refractivity contribution is -0.275. The van der Waals surface area contributed by atoms with Gasteiger partial charge in [0.15, 0.2) is 11.6 Å². The molecule has 2 heterocycles. The predicted octanol–water partition coefficient (Wildman–Crippen LogP) is 4.51. The molecule has 0 aliphatic rings. The average Bonchev–Trinajstić information content (AvgIpc) is 2.79. The number of benzene rings is 1. The summed E-state index contributed by atoms with van der Waals surface area (Å²) in [5.74, 6) is -7.06. The quantitative estimate of drug-likeness (QED) is 0.408. The molecule has 0 saturated carbocycles. The number of alkyl halides is 6. The summed E-state index contributed by atoms with van der Waals surface area (Å²) in [5.41, 5.74) is -0.535. The first-order valence-electron chi connectivity index (χ1n) is 9.50. The van der Waals surface area contributed by atoms with Gasteiger partial charge in [-0.05, 0) is 42.0 Å². The first kappa shape index (κ1) is 28.7. The molecule has 2 aromatic heterocycles. The maximum atomic E-state index is 14.3. The van der Waals surface area contributed by atoms with Gasteiger partial charge in [0.2, 0.25) is 0 Å². The van der Waals surface area contributed by atoms with Gasteiger partial charge in [-0.2, -0.15) is 13.2 Å². The van der Waals surface area contributed by atoms with Gasteiger partial charge in [-0.1, -0.05) is 6.07 Å². The van der Waals surface area contributed by atoms with Gasteiger partial charge >= 0.3 is 18.5 Å². The lowest BCUT2D eigenvalue weighted by Crippen LogP contribution is -2.31. The Morgan fingerprint density at radius 2 is 1.59 bits per heavy atom. The molecule has 1 atom stereocenters. The van der Waals surface area contributed by atoms with Crippen LogP contribution in [-0.4, -0.2) is 44.6 Å². The summed E-state index contributed by atoms with van der Waals surface area (Å²) in [7, 11) is 0. The molecule has 0 fully saturated rings. The third kappa shape index (κ3) is 8.59. The molecule has 1 aromatic carbocycles. The van der Waals surface area contributed by atoms with Gasteiger partial charge in [-0.3, -0.25) is 9.78 Å². The van der Waals surface area contributed by atoms with Crippen LogP contribution in [0.5, 0.6) is 11.5 Å². The van der Waals surface area contributed by atoms with Crippen LogP contribution in [0, 0.1) is 11.6 Å². The smallest absolute Gasteiger partial charge is 0.506 e. The van der Waals surface area contributed by atoms with Crippen molar-refractivity contribution < 1.29 is 59.7 Å². The van der Waals surface area contributed by atoms with E-state index in [4.69, 9.17) is 9.90 Å². The van der Waals surface area contributed by atoms with E-state index in [1.54, 1.807) is 0 Å². The van der Waals surface area contributed by atoms with Gasteiger partial charge < -0.3 is 20.3 Å². The Hall–Kier alpha value is -4.50. The van der Waals surface area contributed by atoms with Crippen LogP contribution in [0.2, 0.25) is 0 Å².